The van der Waals surface area contributed by atoms with Gasteiger partial charge in [0.15, 0.2) is 5.76 Å². The van der Waals surface area contributed by atoms with Crippen LogP contribution in [0.15, 0.2) is 10.6 Å². The second-order valence-corrected chi connectivity index (χ2v) is 6.59. The first kappa shape index (κ1) is 14.5. The number of aromatic nitrogens is 1. The summed E-state index contributed by atoms with van der Waals surface area (Å²) in [6.45, 7) is 11.5. The minimum atomic E-state index is 0.112. The van der Waals surface area contributed by atoms with E-state index in [2.05, 4.69) is 49.1 Å². The summed E-state index contributed by atoms with van der Waals surface area (Å²) in [7, 11) is 0. The maximum absolute atomic E-state index is 5.45. The lowest BCUT2D eigenvalue weighted by Gasteiger charge is -2.19. The Hall–Kier alpha value is -0.870. The molecule has 1 heterocycles. The van der Waals surface area contributed by atoms with E-state index in [1.165, 1.54) is 19.3 Å². The zero-order valence-corrected chi connectivity index (χ0v) is 12.7. The van der Waals surface area contributed by atoms with Gasteiger partial charge in [0.25, 0.3) is 0 Å². The highest BCUT2D eigenvalue weighted by Crippen LogP contribution is 2.28. The van der Waals surface area contributed by atoms with Crippen LogP contribution in [0.2, 0.25) is 0 Å². The molecule has 0 unspecified atom stereocenters. The molecule has 2 rings (SSSR count). The highest BCUT2D eigenvalue weighted by molar-refractivity contribution is 5.06. The molecule has 0 radical (unpaired) electrons. The molecule has 0 spiro atoms. The Kier molecular flexibility index (Phi) is 4.63. The van der Waals surface area contributed by atoms with Gasteiger partial charge in [0.2, 0.25) is 0 Å². The summed E-state index contributed by atoms with van der Waals surface area (Å²) in [6, 6.07) is 2.87. The summed E-state index contributed by atoms with van der Waals surface area (Å²) < 4.78 is 5.45. The fourth-order valence-electron chi connectivity index (χ4n) is 2.19. The first-order valence-corrected chi connectivity index (χ1v) is 7.41. The Balaban J connectivity index is 1.85. The summed E-state index contributed by atoms with van der Waals surface area (Å²) in [5, 5.41) is 7.58. The zero-order valence-electron chi connectivity index (χ0n) is 12.7. The number of rotatable bonds is 7. The Morgan fingerprint density at radius 2 is 2.16 bits per heavy atom. The van der Waals surface area contributed by atoms with Crippen LogP contribution in [0.4, 0.5) is 0 Å². The van der Waals surface area contributed by atoms with Crippen LogP contribution in [0.1, 0.15) is 58.4 Å². The number of hydrogen-bond acceptors (Lipinski definition) is 4. The third-order valence-corrected chi connectivity index (χ3v) is 3.34. The lowest BCUT2D eigenvalue weighted by atomic mass is 10.1. The van der Waals surface area contributed by atoms with Crippen LogP contribution in [-0.4, -0.2) is 28.2 Å². The molecule has 1 saturated carbocycles. The van der Waals surface area contributed by atoms with Crippen molar-refractivity contribution in [2.45, 2.75) is 71.6 Å². The Labute approximate surface area is 116 Å². The van der Waals surface area contributed by atoms with Gasteiger partial charge in [0, 0.05) is 24.2 Å². The smallest absolute Gasteiger partial charge is 0.151 e. The maximum atomic E-state index is 5.45. The van der Waals surface area contributed by atoms with Crippen molar-refractivity contribution in [3.05, 3.63) is 17.5 Å². The van der Waals surface area contributed by atoms with Crippen molar-refractivity contribution in [2.24, 2.45) is 0 Å². The summed E-state index contributed by atoms with van der Waals surface area (Å²) in [4.78, 5) is 2.52. The molecule has 0 saturated heterocycles. The monoisotopic (exact) mass is 265 g/mol. The number of hydrogen-bond donors (Lipinski definition) is 1. The summed E-state index contributed by atoms with van der Waals surface area (Å²) in [6.07, 6.45) is 3.88. The highest BCUT2D eigenvalue weighted by atomic mass is 16.5. The van der Waals surface area contributed by atoms with Gasteiger partial charge in [-0.3, -0.25) is 4.90 Å². The van der Waals surface area contributed by atoms with Crippen molar-refractivity contribution >= 4 is 0 Å². The minimum absolute atomic E-state index is 0.112. The molecule has 19 heavy (non-hydrogen) atoms. The lowest BCUT2D eigenvalue weighted by Crippen LogP contribution is -2.35. The maximum Gasteiger partial charge on any atom is 0.151 e. The van der Waals surface area contributed by atoms with Gasteiger partial charge in [-0.1, -0.05) is 12.1 Å². The third-order valence-electron chi connectivity index (χ3n) is 3.34. The molecule has 108 valence electrons. The number of nitrogens with zero attached hydrogens (tertiary/aromatic N) is 2. The van der Waals surface area contributed by atoms with E-state index in [4.69, 9.17) is 4.52 Å². The van der Waals surface area contributed by atoms with Crippen molar-refractivity contribution in [3.63, 3.8) is 0 Å². The summed E-state index contributed by atoms with van der Waals surface area (Å²) in [5.41, 5.74) is 1.11. The van der Waals surface area contributed by atoms with Crippen molar-refractivity contribution in [3.8, 4) is 0 Å². The molecule has 1 aliphatic rings. The van der Waals surface area contributed by atoms with Crippen LogP contribution in [-0.2, 0) is 13.1 Å². The fraction of sp³-hybridized carbons (Fsp3) is 0.800. The van der Waals surface area contributed by atoms with Crippen LogP contribution in [0.25, 0.3) is 0 Å². The lowest BCUT2D eigenvalue weighted by molar-refractivity contribution is 0.222. The van der Waals surface area contributed by atoms with E-state index in [-0.39, 0.29) is 5.54 Å². The van der Waals surface area contributed by atoms with E-state index in [0.29, 0.717) is 0 Å². The predicted octanol–water partition coefficient (Wildman–Crippen LogP) is 2.94. The standard InChI is InChI=1S/C15H27N3O/c1-5-8-18(13-6-7-13)11-14-9-12(17-19-14)10-16-15(2,3)4/h9,13,16H,5-8,10-11H2,1-4H3. The van der Waals surface area contributed by atoms with Gasteiger partial charge in [0.1, 0.15) is 0 Å². The van der Waals surface area contributed by atoms with Gasteiger partial charge in [0.05, 0.1) is 12.2 Å². The molecule has 4 heteroatoms. The molecular formula is C15H27N3O. The van der Waals surface area contributed by atoms with E-state index < -0.39 is 0 Å². The van der Waals surface area contributed by atoms with Gasteiger partial charge in [-0.2, -0.15) is 0 Å². The summed E-state index contributed by atoms with van der Waals surface area (Å²) in [5.74, 6) is 0.992. The first-order valence-electron chi connectivity index (χ1n) is 7.41. The van der Waals surface area contributed by atoms with E-state index >= 15 is 0 Å². The predicted molar refractivity (Wildman–Crippen MR) is 76.8 cm³/mol. The SMILES string of the molecule is CCCN(Cc1cc(CNC(C)(C)C)no1)C1CC1. The van der Waals surface area contributed by atoms with Gasteiger partial charge in [-0.15, -0.1) is 0 Å². The van der Waals surface area contributed by atoms with Gasteiger partial charge in [-0.25, -0.2) is 0 Å². The largest absolute Gasteiger partial charge is 0.360 e. The summed E-state index contributed by atoms with van der Waals surface area (Å²) >= 11 is 0. The van der Waals surface area contributed by atoms with E-state index in [1.54, 1.807) is 0 Å². The Morgan fingerprint density at radius 1 is 1.42 bits per heavy atom. The average molecular weight is 265 g/mol. The third kappa shape index (κ3) is 4.96. The van der Waals surface area contributed by atoms with Crippen LogP contribution in [0, 0.1) is 0 Å². The molecule has 1 aromatic heterocycles. The molecule has 0 aliphatic heterocycles. The molecule has 0 bridgehead atoms. The van der Waals surface area contributed by atoms with Gasteiger partial charge < -0.3 is 9.84 Å². The molecule has 1 N–H and O–H groups in total. The van der Waals surface area contributed by atoms with Crippen molar-refractivity contribution in [1.29, 1.82) is 0 Å². The molecule has 0 amide bonds. The highest BCUT2D eigenvalue weighted by Gasteiger charge is 2.29. The molecule has 0 aromatic carbocycles. The molecular weight excluding hydrogens is 238 g/mol. The van der Waals surface area contributed by atoms with Crippen molar-refractivity contribution in [2.75, 3.05) is 6.54 Å². The van der Waals surface area contributed by atoms with Crippen LogP contribution < -0.4 is 5.32 Å². The molecule has 1 fully saturated rings. The van der Waals surface area contributed by atoms with Crippen LogP contribution >= 0.6 is 0 Å². The second kappa shape index (κ2) is 6.06. The quantitative estimate of drug-likeness (QED) is 0.823. The zero-order chi connectivity index (χ0) is 13.9. The number of nitrogens with one attached hydrogen (secondary N) is 1. The van der Waals surface area contributed by atoms with Crippen molar-refractivity contribution < 1.29 is 4.52 Å². The van der Waals surface area contributed by atoms with Crippen molar-refractivity contribution in [1.82, 2.24) is 15.4 Å². The molecule has 1 aromatic rings. The van der Waals surface area contributed by atoms with Gasteiger partial charge in [-0.05, 0) is 46.6 Å². The van der Waals surface area contributed by atoms with E-state index in [0.717, 1.165) is 37.1 Å². The average Bonchev–Trinajstić information content (AvgIpc) is 3.07. The molecule has 4 nitrogen and oxygen atoms in total. The van der Waals surface area contributed by atoms with E-state index in [9.17, 15) is 0 Å². The minimum Gasteiger partial charge on any atom is -0.360 e. The first-order chi connectivity index (χ1) is 8.98. The fourth-order valence-corrected chi connectivity index (χ4v) is 2.19. The normalized spacial score (nSPS) is 16.3. The molecule has 0 atom stereocenters. The van der Waals surface area contributed by atoms with Crippen LogP contribution in [0.3, 0.4) is 0 Å². The molecule has 1 aliphatic carbocycles. The Bertz CT molecular complexity index is 390. The topological polar surface area (TPSA) is 41.3 Å². The van der Waals surface area contributed by atoms with Gasteiger partial charge >= 0.3 is 0 Å². The second-order valence-electron chi connectivity index (χ2n) is 6.59. The Morgan fingerprint density at radius 3 is 2.74 bits per heavy atom. The van der Waals surface area contributed by atoms with Crippen LogP contribution in [0.5, 0.6) is 0 Å². The van der Waals surface area contributed by atoms with E-state index in [1.807, 2.05) is 0 Å².